The number of benzene rings is 1. The second-order valence-electron chi connectivity index (χ2n) is 3.03. The maximum Gasteiger partial charge on any atom is 0.214 e. The summed E-state index contributed by atoms with van der Waals surface area (Å²) in [5, 5.41) is 0. The molecule has 0 fully saturated rings. The van der Waals surface area contributed by atoms with Crippen molar-refractivity contribution in [3.05, 3.63) is 29.8 Å². The van der Waals surface area contributed by atoms with Crippen LogP contribution in [0.3, 0.4) is 0 Å². The van der Waals surface area contributed by atoms with Crippen LogP contribution in [0.4, 0.5) is 5.69 Å². The van der Waals surface area contributed by atoms with E-state index in [1.807, 2.05) is 18.2 Å². The maximum atomic E-state index is 10.6. The molecule has 0 bridgehead atoms. The molecule has 1 aromatic rings. The van der Waals surface area contributed by atoms with E-state index in [1.54, 1.807) is 4.90 Å². The molecule has 1 aliphatic rings. The molecule has 1 amide bonds. The van der Waals surface area contributed by atoms with Gasteiger partial charge in [-0.3, -0.25) is 4.79 Å². The first-order chi connectivity index (χ1) is 5.92. The van der Waals surface area contributed by atoms with Gasteiger partial charge in [0, 0.05) is 39.5 Å². The van der Waals surface area contributed by atoms with E-state index in [-0.39, 0.29) is 27.3 Å². The molecule has 0 N–H and O–H groups in total. The molecule has 0 atom stereocenters. The van der Waals surface area contributed by atoms with E-state index in [1.165, 1.54) is 5.56 Å². The van der Waals surface area contributed by atoms with Crippen molar-refractivity contribution in [2.75, 3.05) is 11.4 Å². The molecule has 0 saturated heterocycles. The first kappa shape index (κ1) is 10.7. The molecule has 2 nitrogen and oxygen atoms in total. The first-order valence-electron chi connectivity index (χ1n) is 4.21. The molecule has 2 rings (SSSR count). The zero-order valence-corrected chi connectivity index (χ0v) is 11.3. The summed E-state index contributed by atoms with van der Waals surface area (Å²) in [6.45, 7) is 0.862. The molecule has 13 heavy (non-hydrogen) atoms. The Morgan fingerprint density at radius 1 is 1.31 bits per heavy atom. The minimum atomic E-state index is 0. The van der Waals surface area contributed by atoms with Crippen molar-refractivity contribution in [1.29, 1.82) is 0 Å². The van der Waals surface area contributed by atoms with Gasteiger partial charge in [-0.2, -0.15) is 0 Å². The Morgan fingerprint density at radius 3 is 2.85 bits per heavy atom. The standard InChI is InChI=1S/C10H11NO.Pb/c12-8-11-7-3-5-9-4-1-2-6-10(9)11;/h1-2,4,6,8H,3,5,7H2;. The Bertz CT molecular complexity index is 301. The van der Waals surface area contributed by atoms with Crippen molar-refractivity contribution in [3.8, 4) is 0 Å². The number of para-hydroxylation sites is 1. The average Bonchev–Trinajstić information content (AvgIpc) is 2.17. The third-order valence-electron chi connectivity index (χ3n) is 2.27. The Labute approximate surface area is 98.1 Å². The molecular formula is C10H11NOPb. The van der Waals surface area contributed by atoms with Gasteiger partial charge in [0.15, 0.2) is 0 Å². The second-order valence-corrected chi connectivity index (χ2v) is 3.03. The molecule has 0 spiro atoms. The van der Waals surface area contributed by atoms with Crippen molar-refractivity contribution in [2.45, 2.75) is 12.8 Å². The normalized spacial score (nSPS) is 14.3. The van der Waals surface area contributed by atoms with Gasteiger partial charge >= 0.3 is 0 Å². The van der Waals surface area contributed by atoms with Gasteiger partial charge in [-0.05, 0) is 24.5 Å². The predicted molar refractivity (Wildman–Crippen MR) is 53.9 cm³/mol. The summed E-state index contributed by atoms with van der Waals surface area (Å²) in [4.78, 5) is 12.4. The Balaban J connectivity index is 0.000000845. The van der Waals surface area contributed by atoms with Crippen LogP contribution < -0.4 is 4.90 Å². The fourth-order valence-corrected chi connectivity index (χ4v) is 1.67. The second kappa shape index (κ2) is 4.74. The number of aryl methyl sites for hydroxylation is 1. The minimum absolute atomic E-state index is 0. The molecular weight excluding hydrogens is 357 g/mol. The van der Waals surface area contributed by atoms with E-state index >= 15 is 0 Å². The fourth-order valence-electron chi connectivity index (χ4n) is 1.67. The number of nitrogens with zero attached hydrogens (tertiary/aromatic N) is 1. The van der Waals surface area contributed by atoms with Gasteiger partial charge in [0.2, 0.25) is 6.41 Å². The van der Waals surface area contributed by atoms with Gasteiger partial charge in [-0.1, -0.05) is 18.2 Å². The van der Waals surface area contributed by atoms with Crippen LogP contribution in [-0.2, 0) is 11.2 Å². The monoisotopic (exact) mass is 369 g/mol. The van der Waals surface area contributed by atoms with Crippen LogP contribution in [-0.4, -0.2) is 40.3 Å². The molecule has 0 aromatic heterocycles. The Morgan fingerprint density at radius 2 is 2.08 bits per heavy atom. The molecule has 66 valence electrons. The number of rotatable bonds is 1. The van der Waals surface area contributed by atoms with Gasteiger partial charge in [0.25, 0.3) is 0 Å². The van der Waals surface area contributed by atoms with Crippen LogP contribution in [0.5, 0.6) is 0 Å². The van der Waals surface area contributed by atoms with Crippen molar-refractivity contribution < 1.29 is 4.79 Å². The van der Waals surface area contributed by atoms with Crippen LogP contribution in [0.1, 0.15) is 12.0 Å². The van der Waals surface area contributed by atoms with Crippen LogP contribution in [0, 0.1) is 0 Å². The van der Waals surface area contributed by atoms with Crippen molar-refractivity contribution in [2.24, 2.45) is 0 Å². The summed E-state index contributed by atoms with van der Waals surface area (Å²) >= 11 is 0. The van der Waals surface area contributed by atoms with Crippen LogP contribution in [0.2, 0.25) is 0 Å². The van der Waals surface area contributed by atoms with Gasteiger partial charge in [0.05, 0.1) is 0 Å². The van der Waals surface area contributed by atoms with Crippen molar-refractivity contribution in [1.82, 2.24) is 0 Å². The third kappa shape index (κ3) is 2.10. The molecule has 1 aromatic carbocycles. The number of fused-ring (bicyclic) bond motifs is 1. The Hall–Kier alpha value is -0.388. The summed E-state index contributed by atoms with van der Waals surface area (Å²) in [5.74, 6) is 0. The quantitative estimate of drug-likeness (QED) is 0.539. The summed E-state index contributed by atoms with van der Waals surface area (Å²) < 4.78 is 0. The van der Waals surface area contributed by atoms with Crippen molar-refractivity contribution in [3.63, 3.8) is 0 Å². The van der Waals surface area contributed by atoms with E-state index < -0.39 is 0 Å². The summed E-state index contributed by atoms with van der Waals surface area (Å²) in [5.41, 5.74) is 2.37. The molecule has 3 heteroatoms. The number of amides is 1. The zero-order chi connectivity index (χ0) is 8.39. The SMILES string of the molecule is O=CN1CCCc2ccccc21.[Pb]. The van der Waals surface area contributed by atoms with E-state index in [0.29, 0.717) is 0 Å². The topological polar surface area (TPSA) is 20.3 Å². The fraction of sp³-hybridized carbons (Fsp3) is 0.300. The summed E-state index contributed by atoms with van der Waals surface area (Å²) in [6.07, 6.45) is 3.09. The molecule has 0 unspecified atom stereocenters. The summed E-state index contributed by atoms with van der Waals surface area (Å²) in [6, 6.07) is 8.08. The van der Waals surface area contributed by atoms with Gasteiger partial charge < -0.3 is 4.90 Å². The number of carbonyl (C=O) groups excluding carboxylic acids is 1. The molecule has 1 heterocycles. The number of carbonyl (C=O) groups is 1. The Kier molecular flexibility index (Phi) is 3.90. The summed E-state index contributed by atoms with van der Waals surface area (Å²) in [7, 11) is 0. The minimum Gasteiger partial charge on any atom is -0.315 e. The maximum absolute atomic E-state index is 10.6. The van der Waals surface area contributed by atoms with Gasteiger partial charge in [0.1, 0.15) is 0 Å². The van der Waals surface area contributed by atoms with Gasteiger partial charge in [-0.15, -0.1) is 0 Å². The van der Waals surface area contributed by atoms with Crippen LogP contribution in [0.25, 0.3) is 0 Å². The van der Waals surface area contributed by atoms with Gasteiger partial charge in [-0.25, -0.2) is 0 Å². The largest absolute Gasteiger partial charge is 0.315 e. The van der Waals surface area contributed by atoms with E-state index in [0.717, 1.165) is 31.5 Å². The molecule has 0 aliphatic carbocycles. The predicted octanol–water partition coefficient (Wildman–Crippen LogP) is 1.21. The smallest absolute Gasteiger partial charge is 0.214 e. The number of hydrogen-bond donors (Lipinski definition) is 0. The number of anilines is 1. The average molecular weight is 368 g/mol. The van der Waals surface area contributed by atoms with Crippen molar-refractivity contribution >= 4 is 39.4 Å². The van der Waals surface area contributed by atoms with E-state index in [2.05, 4.69) is 6.07 Å². The molecule has 4 radical (unpaired) electrons. The molecule has 0 saturated carbocycles. The zero-order valence-electron chi connectivity index (χ0n) is 7.36. The number of hydrogen-bond acceptors (Lipinski definition) is 1. The molecule has 1 aliphatic heterocycles. The van der Waals surface area contributed by atoms with Crippen LogP contribution in [0.15, 0.2) is 24.3 Å². The van der Waals surface area contributed by atoms with E-state index in [4.69, 9.17) is 0 Å². The van der Waals surface area contributed by atoms with Crippen LogP contribution >= 0.6 is 0 Å². The van der Waals surface area contributed by atoms with E-state index in [9.17, 15) is 4.79 Å². The third-order valence-corrected chi connectivity index (χ3v) is 2.27. The first-order valence-corrected chi connectivity index (χ1v) is 4.21.